The lowest BCUT2D eigenvalue weighted by molar-refractivity contribution is 1.46. The molecule has 1 heterocycles. The first-order valence-corrected chi connectivity index (χ1v) is 6.53. The number of benzene rings is 1. The van der Waals surface area contributed by atoms with Gasteiger partial charge in [0.25, 0.3) is 0 Å². The highest BCUT2D eigenvalue weighted by molar-refractivity contribution is 8.01. The molecule has 78 valence electrons. The van der Waals surface area contributed by atoms with Gasteiger partial charge in [0.1, 0.15) is 0 Å². The molecule has 0 unspecified atom stereocenters. The second-order valence-electron chi connectivity index (χ2n) is 2.83. The van der Waals surface area contributed by atoms with E-state index in [2.05, 4.69) is 0 Å². The van der Waals surface area contributed by atoms with Gasteiger partial charge in [-0.15, -0.1) is 11.3 Å². The lowest BCUT2D eigenvalue weighted by Crippen LogP contribution is -1.86. The van der Waals surface area contributed by atoms with Crippen LogP contribution in [0.5, 0.6) is 0 Å². The maximum absolute atomic E-state index is 6.01. The van der Waals surface area contributed by atoms with Gasteiger partial charge in [0.2, 0.25) is 0 Å². The van der Waals surface area contributed by atoms with Gasteiger partial charge in [-0.1, -0.05) is 47.1 Å². The Kier molecular flexibility index (Phi) is 3.46. The van der Waals surface area contributed by atoms with Gasteiger partial charge in [-0.25, -0.2) is 0 Å². The molecule has 0 aliphatic carbocycles. The molecule has 0 aliphatic heterocycles. The lowest BCUT2D eigenvalue weighted by Gasteiger charge is -2.02. The van der Waals surface area contributed by atoms with E-state index in [0.717, 1.165) is 14.8 Å². The quantitative estimate of drug-likeness (QED) is 0.798. The van der Waals surface area contributed by atoms with Crippen LogP contribution >= 0.6 is 46.3 Å². The van der Waals surface area contributed by atoms with Crippen molar-refractivity contribution in [1.82, 2.24) is 0 Å². The van der Waals surface area contributed by atoms with E-state index >= 15 is 0 Å². The van der Waals surface area contributed by atoms with Crippen molar-refractivity contribution in [1.29, 1.82) is 0 Å². The third kappa shape index (κ3) is 2.61. The van der Waals surface area contributed by atoms with E-state index in [4.69, 9.17) is 28.9 Å². The Morgan fingerprint density at radius 3 is 2.53 bits per heavy atom. The molecule has 0 spiro atoms. The molecule has 1 nitrogen and oxygen atoms in total. The normalized spacial score (nSPS) is 10.5. The SMILES string of the molecule is Nc1ccccc1Sc1sc(Cl)cc1Cl. The van der Waals surface area contributed by atoms with Gasteiger partial charge in [0.05, 0.1) is 13.6 Å². The number of hydrogen-bond acceptors (Lipinski definition) is 3. The number of hydrogen-bond donors (Lipinski definition) is 1. The van der Waals surface area contributed by atoms with Crippen molar-refractivity contribution in [3.8, 4) is 0 Å². The Bertz CT molecular complexity index is 482. The minimum atomic E-state index is 0.679. The van der Waals surface area contributed by atoms with Gasteiger partial charge in [0, 0.05) is 10.6 Å². The number of nitrogens with two attached hydrogens (primary N) is 1. The molecule has 0 saturated heterocycles. The van der Waals surface area contributed by atoms with Crippen LogP contribution in [0.15, 0.2) is 39.4 Å². The summed E-state index contributed by atoms with van der Waals surface area (Å²) >= 11 is 14.9. The van der Waals surface area contributed by atoms with Crippen molar-refractivity contribution >= 4 is 52.0 Å². The van der Waals surface area contributed by atoms with Gasteiger partial charge in [0.15, 0.2) is 0 Å². The summed E-state index contributed by atoms with van der Waals surface area (Å²) in [5, 5.41) is 0.679. The maximum atomic E-state index is 6.01. The van der Waals surface area contributed by atoms with E-state index in [1.165, 1.54) is 23.1 Å². The number of thiophene rings is 1. The summed E-state index contributed by atoms with van der Waals surface area (Å²) in [7, 11) is 0. The van der Waals surface area contributed by atoms with Gasteiger partial charge in [-0.2, -0.15) is 0 Å². The lowest BCUT2D eigenvalue weighted by atomic mass is 10.3. The highest BCUT2D eigenvalue weighted by Crippen LogP contribution is 2.42. The van der Waals surface area contributed by atoms with Crippen molar-refractivity contribution < 1.29 is 0 Å². The molecule has 0 saturated carbocycles. The van der Waals surface area contributed by atoms with Gasteiger partial charge >= 0.3 is 0 Å². The maximum Gasteiger partial charge on any atom is 0.0955 e. The molecule has 0 bridgehead atoms. The van der Waals surface area contributed by atoms with Gasteiger partial charge in [-0.3, -0.25) is 0 Å². The fraction of sp³-hybridized carbons (Fsp3) is 0. The zero-order chi connectivity index (χ0) is 10.8. The smallest absolute Gasteiger partial charge is 0.0955 e. The Morgan fingerprint density at radius 2 is 1.93 bits per heavy atom. The van der Waals surface area contributed by atoms with E-state index in [-0.39, 0.29) is 0 Å². The van der Waals surface area contributed by atoms with Crippen molar-refractivity contribution in [2.75, 3.05) is 5.73 Å². The fourth-order valence-electron chi connectivity index (χ4n) is 1.07. The molecule has 2 aromatic rings. The van der Waals surface area contributed by atoms with Crippen molar-refractivity contribution in [2.45, 2.75) is 9.10 Å². The van der Waals surface area contributed by atoms with Crippen LogP contribution in [0.2, 0.25) is 9.36 Å². The Labute approximate surface area is 106 Å². The van der Waals surface area contributed by atoms with Crippen LogP contribution in [0, 0.1) is 0 Å². The number of anilines is 1. The first kappa shape index (κ1) is 11.1. The summed E-state index contributed by atoms with van der Waals surface area (Å²) in [5.74, 6) is 0. The van der Waals surface area contributed by atoms with Crippen LogP contribution in [0.4, 0.5) is 5.69 Å². The van der Waals surface area contributed by atoms with Crippen LogP contribution < -0.4 is 5.73 Å². The number of rotatable bonds is 2. The monoisotopic (exact) mass is 275 g/mol. The van der Waals surface area contributed by atoms with Crippen molar-refractivity contribution in [3.05, 3.63) is 39.7 Å². The topological polar surface area (TPSA) is 26.0 Å². The largest absolute Gasteiger partial charge is 0.398 e. The highest BCUT2D eigenvalue weighted by atomic mass is 35.5. The third-order valence-corrected chi connectivity index (χ3v) is 4.83. The average molecular weight is 276 g/mol. The molecule has 1 aromatic carbocycles. The second kappa shape index (κ2) is 4.66. The zero-order valence-corrected chi connectivity index (χ0v) is 10.7. The van der Waals surface area contributed by atoms with Gasteiger partial charge in [-0.05, 0) is 18.2 Å². The molecular weight excluding hydrogens is 269 g/mol. The van der Waals surface area contributed by atoms with E-state index in [0.29, 0.717) is 9.36 Å². The molecule has 0 amide bonds. The standard InChI is InChI=1S/C10H7Cl2NS2/c11-6-5-9(12)15-10(6)14-8-4-2-1-3-7(8)13/h1-5H,13H2. The van der Waals surface area contributed by atoms with Crippen LogP contribution in [-0.4, -0.2) is 0 Å². The summed E-state index contributed by atoms with van der Waals surface area (Å²) in [6, 6.07) is 9.43. The van der Waals surface area contributed by atoms with Crippen molar-refractivity contribution in [3.63, 3.8) is 0 Å². The minimum Gasteiger partial charge on any atom is -0.398 e. The molecule has 5 heteroatoms. The predicted octanol–water partition coefficient (Wildman–Crippen LogP) is 4.79. The first-order chi connectivity index (χ1) is 7.16. The zero-order valence-electron chi connectivity index (χ0n) is 7.54. The van der Waals surface area contributed by atoms with E-state index in [1.54, 1.807) is 6.07 Å². The van der Waals surface area contributed by atoms with E-state index in [1.807, 2.05) is 24.3 Å². The van der Waals surface area contributed by atoms with E-state index in [9.17, 15) is 0 Å². The first-order valence-electron chi connectivity index (χ1n) is 4.14. The van der Waals surface area contributed by atoms with Crippen LogP contribution in [0.3, 0.4) is 0 Å². The molecule has 0 radical (unpaired) electrons. The molecule has 15 heavy (non-hydrogen) atoms. The number of nitrogen functional groups attached to an aromatic ring is 1. The van der Waals surface area contributed by atoms with Crippen LogP contribution in [0.25, 0.3) is 0 Å². The van der Waals surface area contributed by atoms with Crippen molar-refractivity contribution in [2.24, 2.45) is 0 Å². The van der Waals surface area contributed by atoms with Crippen LogP contribution in [0.1, 0.15) is 0 Å². The number of halogens is 2. The molecule has 0 atom stereocenters. The third-order valence-electron chi connectivity index (χ3n) is 1.75. The Morgan fingerprint density at radius 1 is 1.20 bits per heavy atom. The van der Waals surface area contributed by atoms with Gasteiger partial charge < -0.3 is 5.73 Å². The molecule has 2 N–H and O–H groups in total. The summed E-state index contributed by atoms with van der Waals surface area (Å²) in [6.45, 7) is 0. The average Bonchev–Trinajstić information content (AvgIpc) is 2.49. The Hall–Kier alpha value is -0.350. The van der Waals surface area contributed by atoms with E-state index < -0.39 is 0 Å². The van der Waals surface area contributed by atoms with Crippen LogP contribution in [-0.2, 0) is 0 Å². The minimum absolute atomic E-state index is 0.679. The molecule has 2 rings (SSSR count). The summed E-state index contributed by atoms with van der Waals surface area (Å²) < 4.78 is 1.66. The summed E-state index contributed by atoms with van der Waals surface area (Å²) in [4.78, 5) is 0.998. The summed E-state index contributed by atoms with van der Waals surface area (Å²) in [6.07, 6.45) is 0. The second-order valence-corrected chi connectivity index (χ2v) is 6.23. The highest BCUT2D eigenvalue weighted by Gasteiger charge is 2.09. The molecule has 0 fully saturated rings. The fourth-order valence-corrected chi connectivity index (χ4v) is 3.91. The molecule has 0 aliphatic rings. The Balaban J connectivity index is 2.29. The summed E-state index contributed by atoms with van der Waals surface area (Å²) in [5.41, 5.74) is 6.59. The molecule has 1 aromatic heterocycles. The number of para-hydroxylation sites is 1. The molecular formula is C10H7Cl2NS2. The predicted molar refractivity (Wildman–Crippen MR) is 69.3 cm³/mol.